The monoisotopic (exact) mass is 380 g/mol. The number of amides is 1. The third-order valence-electron chi connectivity index (χ3n) is 5.49. The molecule has 1 N–H and O–H groups in total. The highest BCUT2D eigenvalue weighted by Gasteiger charge is 2.32. The van der Waals surface area contributed by atoms with Gasteiger partial charge in [0.25, 0.3) is 5.91 Å². The Kier molecular flexibility index (Phi) is 5.99. The number of nitrogens with one attached hydrogen (secondary N) is 1. The van der Waals surface area contributed by atoms with Gasteiger partial charge < -0.3 is 9.80 Å². The van der Waals surface area contributed by atoms with Crippen molar-refractivity contribution >= 4 is 15.9 Å². The number of nitrogens with zero attached hydrogens (tertiary/aromatic N) is 2. The van der Waals surface area contributed by atoms with Crippen LogP contribution in [0.25, 0.3) is 0 Å². The summed E-state index contributed by atoms with van der Waals surface area (Å²) in [5.41, 5.74) is 1.85. The molecule has 6 nitrogen and oxygen atoms in total. The van der Waals surface area contributed by atoms with Crippen LogP contribution in [-0.4, -0.2) is 69.3 Å². The lowest BCUT2D eigenvalue weighted by Gasteiger charge is -2.33. The number of piperidine rings is 1. The number of aryl methyl sites for hydroxylation is 2. The van der Waals surface area contributed by atoms with E-state index in [0.29, 0.717) is 37.6 Å². The van der Waals surface area contributed by atoms with Crippen LogP contribution >= 0.6 is 0 Å². The van der Waals surface area contributed by atoms with Gasteiger partial charge in [-0.1, -0.05) is 17.7 Å². The molecule has 144 valence electrons. The van der Waals surface area contributed by atoms with Crippen molar-refractivity contribution in [3.8, 4) is 0 Å². The number of carbonyl (C=O) groups excluding carboxylic acids is 1. The smallest absolute Gasteiger partial charge is 0.277 e. The molecule has 0 unspecified atom stereocenters. The highest BCUT2D eigenvalue weighted by Crippen LogP contribution is 2.20. The lowest BCUT2D eigenvalue weighted by atomic mass is 10.1. The Balaban J connectivity index is 1.58. The van der Waals surface area contributed by atoms with Crippen molar-refractivity contribution in [3.63, 3.8) is 0 Å². The quantitative estimate of drug-likeness (QED) is 0.812. The predicted molar refractivity (Wildman–Crippen MR) is 101 cm³/mol. The summed E-state index contributed by atoms with van der Waals surface area (Å²) in [5, 5.41) is 0. The van der Waals surface area contributed by atoms with Gasteiger partial charge in [0.2, 0.25) is 10.0 Å². The Hall–Kier alpha value is -1.44. The molecule has 0 saturated carbocycles. The summed E-state index contributed by atoms with van der Waals surface area (Å²) in [7, 11) is -3.46. The molecule has 1 aromatic carbocycles. The van der Waals surface area contributed by atoms with Gasteiger partial charge in [-0.15, -0.1) is 0 Å². The molecule has 2 saturated heterocycles. The van der Waals surface area contributed by atoms with Gasteiger partial charge in [0.15, 0.2) is 6.54 Å². The van der Waals surface area contributed by atoms with E-state index in [1.54, 1.807) is 10.4 Å². The van der Waals surface area contributed by atoms with Crippen molar-refractivity contribution in [1.82, 2.24) is 9.21 Å². The van der Waals surface area contributed by atoms with Crippen LogP contribution in [0.1, 0.15) is 30.4 Å². The molecule has 0 aromatic heterocycles. The Bertz CT molecular complexity index is 749. The van der Waals surface area contributed by atoms with Crippen LogP contribution in [0.4, 0.5) is 0 Å². The van der Waals surface area contributed by atoms with Gasteiger partial charge in [0.05, 0.1) is 31.1 Å². The van der Waals surface area contributed by atoms with E-state index in [1.165, 1.54) is 11.3 Å². The average molecular weight is 381 g/mol. The molecule has 1 amide bonds. The van der Waals surface area contributed by atoms with Gasteiger partial charge in [0.1, 0.15) is 0 Å². The van der Waals surface area contributed by atoms with Crippen LogP contribution in [0.5, 0.6) is 0 Å². The van der Waals surface area contributed by atoms with Gasteiger partial charge in [-0.25, -0.2) is 8.42 Å². The second-order valence-electron chi connectivity index (χ2n) is 7.54. The van der Waals surface area contributed by atoms with E-state index in [0.717, 1.165) is 37.1 Å². The average Bonchev–Trinajstić information content (AvgIpc) is 2.62. The lowest BCUT2D eigenvalue weighted by Crippen LogP contribution is -3.15. The summed E-state index contributed by atoms with van der Waals surface area (Å²) in [5.74, 6) is 0.213. The van der Waals surface area contributed by atoms with Gasteiger partial charge >= 0.3 is 0 Å². The molecule has 0 radical (unpaired) electrons. The third kappa shape index (κ3) is 4.27. The molecule has 7 heteroatoms. The first kappa shape index (κ1) is 19.3. The molecular formula is C19H30N3O3S+. The number of hydrogen-bond donors (Lipinski definition) is 1. The van der Waals surface area contributed by atoms with Crippen LogP contribution in [0.2, 0.25) is 0 Å². The van der Waals surface area contributed by atoms with E-state index in [4.69, 9.17) is 0 Å². The summed E-state index contributed by atoms with van der Waals surface area (Å²) in [6.07, 6.45) is 3.41. The van der Waals surface area contributed by atoms with Gasteiger partial charge in [-0.05, 0) is 44.7 Å². The van der Waals surface area contributed by atoms with Crippen LogP contribution in [0, 0.1) is 13.8 Å². The van der Waals surface area contributed by atoms with Crippen molar-refractivity contribution in [2.24, 2.45) is 0 Å². The van der Waals surface area contributed by atoms with Gasteiger partial charge in [-0.3, -0.25) is 4.79 Å². The predicted octanol–water partition coefficient (Wildman–Crippen LogP) is 0.205. The van der Waals surface area contributed by atoms with Crippen molar-refractivity contribution in [2.75, 3.05) is 45.8 Å². The Labute approximate surface area is 156 Å². The second-order valence-corrected chi connectivity index (χ2v) is 9.45. The van der Waals surface area contributed by atoms with Crippen molar-refractivity contribution in [3.05, 3.63) is 29.3 Å². The van der Waals surface area contributed by atoms with Crippen molar-refractivity contribution in [1.29, 1.82) is 0 Å². The van der Waals surface area contributed by atoms with Crippen LogP contribution < -0.4 is 4.90 Å². The SMILES string of the molecule is Cc1ccc(S(=O)(=O)N2CC[NH+](CC(=O)N3CCCCC3)CC2)c(C)c1. The number of rotatable bonds is 4. The number of quaternary nitrogens is 1. The normalized spacial score (nSPS) is 20.3. The molecule has 1 aromatic rings. The summed E-state index contributed by atoms with van der Waals surface area (Å²) in [4.78, 5) is 16.0. The lowest BCUT2D eigenvalue weighted by molar-refractivity contribution is -0.896. The highest BCUT2D eigenvalue weighted by atomic mass is 32.2. The number of hydrogen-bond acceptors (Lipinski definition) is 3. The zero-order valence-electron chi connectivity index (χ0n) is 15.8. The zero-order chi connectivity index (χ0) is 18.7. The van der Waals surface area contributed by atoms with Gasteiger partial charge in [-0.2, -0.15) is 4.31 Å². The molecule has 2 fully saturated rings. The molecule has 0 spiro atoms. The van der Waals surface area contributed by atoms with Crippen LogP contribution in [-0.2, 0) is 14.8 Å². The minimum Gasteiger partial charge on any atom is -0.338 e. The molecule has 0 aliphatic carbocycles. The first-order chi connectivity index (χ1) is 12.4. The maximum atomic E-state index is 12.9. The summed E-state index contributed by atoms with van der Waals surface area (Å²) in [6, 6.07) is 5.46. The van der Waals surface area contributed by atoms with Gasteiger partial charge in [0, 0.05) is 13.1 Å². The van der Waals surface area contributed by atoms with Crippen LogP contribution in [0.15, 0.2) is 23.1 Å². The van der Waals surface area contributed by atoms with E-state index in [-0.39, 0.29) is 5.91 Å². The zero-order valence-corrected chi connectivity index (χ0v) is 16.6. The summed E-state index contributed by atoms with van der Waals surface area (Å²) >= 11 is 0. The Morgan fingerprint density at radius 2 is 1.69 bits per heavy atom. The Morgan fingerprint density at radius 3 is 2.31 bits per heavy atom. The van der Waals surface area contributed by atoms with Crippen molar-refractivity contribution < 1.29 is 18.1 Å². The minimum absolute atomic E-state index is 0.213. The number of piperazine rings is 1. The molecule has 0 atom stereocenters. The topological polar surface area (TPSA) is 62.1 Å². The maximum Gasteiger partial charge on any atom is 0.277 e. The summed E-state index contributed by atoms with van der Waals surface area (Å²) in [6.45, 7) is 8.35. The Morgan fingerprint density at radius 1 is 1.04 bits per heavy atom. The molecular weight excluding hydrogens is 350 g/mol. The summed E-state index contributed by atoms with van der Waals surface area (Å²) < 4.78 is 27.4. The molecule has 0 bridgehead atoms. The number of sulfonamides is 1. The van der Waals surface area contributed by atoms with E-state index in [2.05, 4.69) is 0 Å². The van der Waals surface area contributed by atoms with Crippen molar-refractivity contribution in [2.45, 2.75) is 38.0 Å². The fraction of sp³-hybridized carbons (Fsp3) is 0.632. The van der Waals surface area contributed by atoms with E-state index < -0.39 is 10.0 Å². The molecule has 2 aliphatic heterocycles. The maximum absolute atomic E-state index is 12.9. The van der Waals surface area contributed by atoms with E-state index in [9.17, 15) is 13.2 Å². The third-order valence-corrected chi connectivity index (χ3v) is 7.55. The second kappa shape index (κ2) is 8.06. The minimum atomic E-state index is -3.46. The number of benzene rings is 1. The van der Waals surface area contributed by atoms with Crippen LogP contribution in [0.3, 0.4) is 0 Å². The highest BCUT2D eigenvalue weighted by molar-refractivity contribution is 7.89. The fourth-order valence-corrected chi connectivity index (χ4v) is 5.56. The molecule has 2 aliphatic rings. The number of carbonyl (C=O) groups is 1. The largest absolute Gasteiger partial charge is 0.338 e. The first-order valence-corrected chi connectivity index (χ1v) is 11.0. The number of likely N-dealkylation sites (tertiary alicyclic amines) is 1. The molecule has 3 rings (SSSR count). The van der Waals surface area contributed by atoms with E-state index in [1.807, 2.05) is 30.9 Å². The fourth-order valence-electron chi connectivity index (χ4n) is 3.92. The molecule has 26 heavy (non-hydrogen) atoms. The first-order valence-electron chi connectivity index (χ1n) is 9.56. The van der Waals surface area contributed by atoms with E-state index >= 15 is 0 Å². The molecule has 2 heterocycles. The standard InChI is InChI=1S/C19H29N3O3S/c1-16-6-7-18(17(2)14-16)26(24,25)22-12-10-20(11-13-22)15-19(23)21-8-4-3-5-9-21/h6-7,14H,3-5,8-13,15H2,1-2H3/p+1.